The summed E-state index contributed by atoms with van der Waals surface area (Å²) in [4.78, 5) is 29.9. The lowest BCUT2D eigenvalue weighted by atomic mass is 9.94. The van der Waals surface area contributed by atoms with Crippen LogP contribution < -0.4 is 14.4 Å². The maximum absolute atomic E-state index is 14.3. The second-order valence-corrected chi connectivity index (χ2v) is 13.4. The number of carbonyl (C=O) groups is 2. The van der Waals surface area contributed by atoms with Crippen molar-refractivity contribution in [1.82, 2.24) is 10.2 Å². The number of ether oxygens (including phenoxy) is 1. The van der Waals surface area contributed by atoms with Crippen LogP contribution in [0.4, 0.5) is 5.69 Å². The Labute approximate surface area is 260 Å². The number of anilines is 1. The van der Waals surface area contributed by atoms with Gasteiger partial charge in [-0.25, -0.2) is 8.42 Å². The van der Waals surface area contributed by atoms with E-state index in [1.807, 2.05) is 61.5 Å². The predicted octanol–water partition coefficient (Wildman–Crippen LogP) is 5.51. The van der Waals surface area contributed by atoms with Crippen molar-refractivity contribution in [2.24, 2.45) is 0 Å². The summed E-state index contributed by atoms with van der Waals surface area (Å²) >= 11 is 6.33. The highest BCUT2D eigenvalue weighted by atomic mass is 35.5. The van der Waals surface area contributed by atoms with Gasteiger partial charge in [-0.3, -0.25) is 13.9 Å². The third-order valence-electron chi connectivity index (χ3n) is 7.93. The largest absolute Gasteiger partial charge is 0.495 e. The molecule has 0 bridgehead atoms. The number of hydrogen-bond acceptors (Lipinski definition) is 5. The molecular formula is C33H40ClN3O5S. The van der Waals surface area contributed by atoms with E-state index in [1.54, 1.807) is 12.1 Å². The second kappa shape index (κ2) is 14.8. The highest BCUT2D eigenvalue weighted by molar-refractivity contribution is 7.92. The van der Waals surface area contributed by atoms with Crippen molar-refractivity contribution in [3.63, 3.8) is 0 Å². The Morgan fingerprint density at radius 1 is 1.00 bits per heavy atom. The van der Waals surface area contributed by atoms with E-state index in [0.717, 1.165) is 59.4 Å². The van der Waals surface area contributed by atoms with Gasteiger partial charge in [0.15, 0.2) is 0 Å². The van der Waals surface area contributed by atoms with E-state index in [4.69, 9.17) is 16.3 Å². The van der Waals surface area contributed by atoms with Gasteiger partial charge in [0.1, 0.15) is 18.3 Å². The summed E-state index contributed by atoms with van der Waals surface area (Å²) in [5.41, 5.74) is 2.96. The fraction of sp³-hybridized carbons (Fsp3) is 0.394. The van der Waals surface area contributed by atoms with Gasteiger partial charge in [-0.1, -0.05) is 85.5 Å². The lowest BCUT2D eigenvalue weighted by Crippen LogP contribution is -2.55. The van der Waals surface area contributed by atoms with E-state index < -0.39 is 28.5 Å². The molecule has 4 rings (SSSR count). The van der Waals surface area contributed by atoms with E-state index in [-0.39, 0.29) is 35.6 Å². The normalized spacial score (nSPS) is 14.5. The van der Waals surface area contributed by atoms with Crippen molar-refractivity contribution in [3.8, 4) is 5.75 Å². The minimum absolute atomic E-state index is 0.0453. The van der Waals surface area contributed by atoms with Gasteiger partial charge < -0.3 is 15.0 Å². The van der Waals surface area contributed by atoms with Gasteiger partial charge in [-0.2, -0.15) is 0 Å². The molecule has 230 valence electrons. The van der Waals surface area contributed by atoms with Crippen LogP contribution in [0.5, 0.6) is 5.75 Å². The summed E-state index contributed by atoms with van der Waals surface area (Å²) in [7, 11) is -2.44. The molecule has 1 atom stereocenters. The van der Waals surface area contributed by atoms with E-state index >= 15 is 0 Å². The standard InChI is InChI=1S/C33H40ClN3O5S/c1-24-12-10-11-15-26(24)22-36(32(38)23-37(43(3,40)41)28-18-19-31(42-2)29(34)21-28)30(20-25-13-6-4-7-14-25)33(39)35-27-16-8-5-9-17-27/h4,6-7,10-15,18-19,21,27,30H,5,8-9,16-17,20,22-23H2,1-3H3,(H,35,39)/t30-/m1/s1. The number of nitrogens with zero attached hydrogens (tertiary/aromatic N) is 2. The van der Waals surface area contributed by atoms with E-state index in [9.17, 15) is 18.0 Å². The molecule has 0 saturated heterocycles. The molecule has 43 heavy (non-hydrogen) atoms. The first-order valence-electron chi connectivity index (χ1n) is 14.6. The molecule has 8 nitrogen and oxygen atoms in total. The molecule has 3 aromatic carbocycles. The number of sulfonamides is 1. The molecular weight excluding hydrogens is 586 g/mol. The Morgan fingerprint density at radius 3 is 2.30 bits per heavy atom. The zero-order valence-corrected chi connectivity index (χ0v) is 26.5. The molecule has 1 fully saturated rings. The van der Waals surface area contributed by atoms with Gasteiger partial charge in [0.2, 0.25) is 21.8 Å². The quantitative estimate of drug-likeness (QED) is 0.286. The van der Waals surface area contributed by atoms with Crippen LogP contribution in [0.3, 0.4) is 0 Å². The van der Waals surface area contributed by atoms with Gasteiger partial charge in [-0.15, -0.1) is 0 Å². The second-order valence-electron chi connectivity index (χ2n) is 11.1. The average molecular weight is 626 g/mol. The monoisotopic (exact) mass is 625 g/mol. The zero-order valence-electron chi connectivity index (χ0n) is 25.0. The number of carbonyl (C=O) groups excluding carboxylic acids is 2. The van der Waals surface area contributed by atoms with Crippen LogP contribution in [0, 0.1) is 6.92 Å². The maximum Gasteiger partial charge on any atom is 0.244 e. The number of aryl methyl sites for hydroxylation is 1. The third-order valence-corrected chi connectivity index (χ3v) is 9.36. The number of nitrogens with one attached hydrogen (secondary N) is 1. The van der Waals surface area contributed by atoms with Crippen molar-refractivity contribution < 1.29 is 22.7 Å². The van der Waals surface area contributed by atoms with Crippen LogP contribution >= 0.6 is 11.6 Å². The van der Waals surface area contributed by atoms with Crippen LogP contribution in [0.1, 0.15) is 48.8 Å². The van der Waals surface area contributed by atoms with Crippen LogP contribution in [-0.2, 0) is 32.6 Å². The Kier molecular flexibility index (Phi) is 11.1. The van der Waals surface area contributed by atoms with Crippen LogP contribution in [-0.4, -0.2) is 57.1 Å². The van der Waals surface area contributed by atoms with Gasteiger partial charge in [-0.05, 0) is 54.7 Å². The topological polar surface area (TPSA) is 96.0 Å². The summed E-state index contributed by atoms with van der Waals surface area (Å²) in [6.07, 6.45) is 6.37. The number of benzene rings is 3. The van der Waals surface area contributed by atoms with Gasteiger partial charge in [0, 0.05) is 19.0 Å². The molecule has 0 aromatic heterocycles. The molecule has 3 aromatic rings. The fourth-order valence-electron chi connectivity index (χ4n) is 5.49. The number of methoxy groups -OCH3 is 1. The van der Waals surface area contributed by atoms with Gasteiger partial charge >= 0.3 is 0 Å². The first-order valence-corrected chi connectivity index (χ1v) is 16.8. The molecule has 1 N–H and O–H groups in total. The smallest absolute Gasteiger partial charge is 0.244 e. The predicted molar refractivity (Wildman–Crippen MR) is 171 cm³/mol. The van der Waals surface area contributed by atoms with E-state index in [1.165, 1.54) is 18.1 Å². The Bertz CT molecular complexity index is 1510. The number of hydrogen-bond donors (Lipinski definition) is 1. The molecule has 0 heterocycles. The summed E-state index contributed by atoms with van der Waals surface area (Å²) in [5, 5.41) is 3.43. The van der Waals surface area contributed by atoms with Crippen LogP contribution in [0.15, 0.2) is 72.8 Å². The summed E-state index contributed by atoms with van der Waals surface area (Å²) < 4.78 is 32.3. The first kappa shape index (κ1) is 32.4. The highest BCUT2D eigenvalue weighted by Crippen LogP contribution is 2.30. The third kappa shape index (κ3) is 8.74. The fourth-order valence-corrected chi connectivity index (χ4v) is 6.59. The minimum atomic E-state index is -3.91. The number of amides is 2. The molecule has 1 aliphatic carbocycles. The molecule has 1 saturated carbocycles. The highest BCUT2D eigenvalue weighted by Gasteiger charge is 2.34. The molecule has 0 aliphatic heterocycles. The van der Waals surface area contributed by atoms with Gasteiger partial charge in [0.05, 0.1) is 24.1 Å². The Balaban J connectivity index is 1.74. The lowest BCUT2D eigenvalue weighted by Gasteiger charge is -2.35. The van der Waals surface area contributed by atoms with Gasteiger partial charge in [0.25, 0.3) is 0 Å². The average Bonchev–Trinajstić information content (AvgIpc) is 2.99. The molecule has 0 radical (unpaired) electrons. The van der Waals surface area contributed by atoms with Crippen molar-refractivity contribution >= 4 is 39.1 Å². The maximum atomic E-state index is 14.3. The van der Waals surface area contributed by atoms with Crippen molar-refractivity contribution in [2.45, 2.75) is 64.1 Å². The Morgan fingerprint density at radius 2 is 1.67 bits per heavy atom. The summed E-state index contributed by atoms with van der Waals surface area (Å²) in [6, 6.07) is 21.0. The van der Waals surface area contributed by atoms with Crippen molar-refractivity contribution in [1.29, 1.82) is 0 Å². The molecule has 10 heteroatoms. The minimum Gasteiger partial charge on any atom is -0.495 e. The first-order chi connectivity index (χ1) is 20.6. The SMILES string of the molecule is COc1ccc(N(CC(=O)N(Cc2ccccc2C)[C@H](Cc2ccccc2)C(=O)NC2CCCCC2)S(C)(=O)=O)cc1Cl. The molecule has 0 unspecified atom stereocenters. The number of rotatable bonds is 12. The summed E-state index contributed by atoms with van der Waals surface area (Å²) in [6.45, 7) is 1.59. The van der Waals surface area contributed by atoms with E-state index in [2.05, 4.69) is 5.32 Å². The van der Waals surface area contributed by atoms with Crippen molar-refractivity contribution in [3.05, 3.63) is 94.5 Å². The summed E-state index contributed by atoms with van der Waals surface area (Å²) in [5.74, 6) is -0.356. The molecule has 0 spiro atoms. The molecule has 2 amide bonds. The number of halogens is 1. The van der Waals surface area contributed by atoms with E-state index in [0.29, 0.717) is 5.75 Å². The molecule has 1 aliphatic rings. The van der Waals surface area contributed by atoms with Crippen LogP contribution in [0.25, 0.3) is 0 Å². The Hall–Kier alpha value is -3.56. The zero-order chi connectivity index (χ0) is 31.0. The van der Waals surface area contributed by atoms with Crippen LogP contribution in [0.2, 0.25) is 5.02 Å². The van der Waals surface area contributed by atoms with Crippen molar-refractivity contribution in [2.75, 3.05) is 24.2 Å². The lowest BCUT2D eigenvalue weighted by molar-refractivity contribution is -0.140.